The third kappa shape index (κ3) is 4.28. The minimum absolute atomic E-state index is 0.260. The number of benzene rings is 1. The van der Waals surface area contributed by atoms with Crippen LogP contribution < -0.4 is 0 Å². The number of rotatable bonds is 5. The van der Waals surface area contributed by atoms with Gasteiger partial charge in [0.25, 0.3) is 0 Å². The van der Waals surface area contributed by atoms with E-state index in [1.807, 2.05) is 0 Å². The minimum atomic E-state index is 0.260. The van der Waals surface area contributed by atoms with Gasteiger partial charge in [-0.05, 0) is 31.9 Å². The molecule has 2 nitrogen and oxygen atoms in total. The van der Waals surface area contributed by atoms with E-state index >= 15 is 0 Å². The van der Waals surface area contributed by atoms with Crippen molar-refractivity contribution in [3.8, 4) is 0 Å². The van der Waals surface area contributed by atoms with E-state index in [1.54, 1.807) is 0 Å². The first-order chi connectivity index (χ1) is 8.28. The molecule has 0 saturated carbocycles. The van der Waals surface area contributed by atoms with Crippen molar-refractivity contribution < 1.29 is 8.92 Å². The largest absolute Gasteiger partial charge is 0.372 e. The lowest BCUT2D eigenvalue weighted by Crippen LogP contribution is -2.16. The highest BCUT2D eigenvalue weighted by molar-refractivity contribution is 9.09. The number of halogens is 1. The van der Waals surface area contributed by atoms with Gasteiger partial charge in [-0.3, -0.25) is 0 Å². The van der Waals surface area contributed by atoms with Crippen LogP contribution in [0.15, 0.2) is 29.2 Å². The summed E-state index contributed by atoms with van der Waals surface area (Å²) in [6.07, 6.45) is 2.86. The molecule has 1 saturated heterocycles. The molecular weight excluding hydrogens is 300 g/mol. The van der Waals surface area contributed by atoms with Crippen LogP contribution in [-0.2, 0) is 8.92 Å². The minimum Gasteiger partial charge on any atom is -0.372 e. The van der Waals surface area contributed by atoms with E-state index in [0.29, 0.717) is 12.7 Å². The van der Waals surface area contributed by atoms with Gasteiger partial charge in [-0.15, -0.1) is 0 Å². The van der Waals surface area contributed by atoms with Crippen molar-refractivity contribution >= 4 is 28.0 Å². The molecule has 1 fully saturated rings. The second-order valence-electron chi connectivity index (χ2n) is 4.29. The molecule has 2 atom stereocenters. The molecular formula is C13H17BrO2S. The van der Waals surface area contributed by atoms with Gasteiger partial charge in [0.05, 0.1) is 18.8 Å². The van der Waals surface area contributed by atoms with Gasteiger partial charge in [-0.2, -0.15) is 0 Å². The highest BCUT2D eigenvalue weighted by Crippen LogP contribution is 2.25. The fraction of sp³-hybridized carbons (Fsp3) is 0.538. The molecule has 0 radical (unpaired) electrons. The maximum Gasteiger partial charge on any atom is 0.0881 e. The first kappa shape index (κ1) is 13.4. The van der Waals surface area contributed by atoms with Crippen LogP contribution >= 0.6 is 28.0 Å². The van der Waals surface area contributed by atoms with Crippen LogP contribution in [-0.4, -0.2) is 24.1 Å². The summed E-state index contributed by atoms with van der Waals surface area (Å²) in [5.74, 6) is 0. The Labute approximate surface area is 115 Å². The van der Waals surface area contributed by atoms with Crippen LogP contribution in [0, 0.1) is 6.92 Å². The van der Waals surface area contributed by atoms with E-state index in [9.17, 15) is 0 Å². The Morgan fingerprint density at radius 1 is 1.29 bits per heavy atom. The van der Waals surface area contributed by atoms with Crippen LogP contribution in [0.2, 0.25) is 0 Å². The lowest BCUT2D eigenvalue weighted by atomic mass is 10.2. The number of hydrogen-bond acceptors (Lipinski definition) is 3. The van der Waals surface area contributed by atoms with Crippen molar-refractivity contribution in [2.45, 2.75) is 36.9 Å². The van der Waals surface area contributed by atoms with Gasteiger partial charge in [0, 0.05) is 22.3 Å². The quantitative estimate of drug-likeness (QED) is 0.605. The molecule has 2 rings (SSSR count). The van der Waals surface area contributed by atoms with Gasteiger partial charge >= 0.3 is 0 Å². The Kier molecular flexibility index (Phi) is 5.35. The van der Waals surface area contributed by atoms with Crippen molar-refractivity contribution in [2.75, 3.05) is 11.9 Å². The fourth-order valence-electron chi connectivity index (χ4n) is 1.79. The Balaban J connectivity index is 1.68. The number of ether oxygens (including phenoxy) is 1. The zero-order valence-electron chi connectivity index (χ0n) is 9.90. The molecule has 0 aliphatic carbocycles. The van der Waals surface area contributed by atoms with Crippen molar-refractivity contribution in [3.05, 3.63) is 29.8 Å². The summed E-state index contributed by atoms with van der Waals surface area (Å²) in [4.78, 5) is 1.14. The Morgan fingerprint density at radius 3 is 2.65 bits per heavy atom. The van der Waals surface area contributed by atoms with Gasteiger partial charge in [-0.1, -0.05) is 33.6 Å². The maximum absolute atomic E-state index is 5.78. The summed E-state index contributed by atoms with van der Waals surface area (Å²) in [7, 11) is 0. The van der Waals surface area contributed by atoms with E-state index in [4.69, 9.17) is 8.92 Å². The second-order valence-corrected chi connectivity index (χ2v) is 5.81. The second kappa shape index (κ2) is 6.78. The van der Waals surface area contributed by atoms with Crippen molar-refractivity contribution in [2.24, 2.45) is 0 Å². The van der Waals surface area contributed by atoms with Crippen LogP contribution in [0.4, 0.5) is 0 Å². The lowest BCUT2D eigenvalue weighted by Gasteiger charge is -2.11. The van der Waals surface area contributed by atoms with E-state index < -0.39 is 0 Å². The average Bonchev–Trinajstić information content (AvgIpc) is 2.80. The van der Waals surface area contributed by atoms with Crippen molar-refractivity contribution in [3.63, 3.8) is 0 Å². The van der Waals surface area contributed by atoms with Crippen molar-refractivity contribution in [1.29, 1.82) is 0 Å². The Hall–Kier alpha value is -0.0300. The number of alkyl halides is 1. The van der Waals surface area contributed by atoms with E-state index in [2.05, 4.69) is 47.1 Å². The smallest absolute Gasteiger partial charge is 0.0881 e. The average molecular weight is 317 g/mol. The fourth-order valence-corrected chi connectivity index (χ4v) is 2.87. The third-order valence-electron chi connectivity index (χ3n) is 2.80. The molecule has 0 amide bonds. The van der Waals surface area contributed by atoms with Crippen LogP contribution in [0.3, 0.4) is 0 Å². The molecule has 1 aliphatic heterocycles. The molecule has 0 bridgehead atoms. The summed E-state index contributed by atoms with van der Waals surface area (Å²) in [5.41, 5.74) is 1.27. The van der Waals surface area contributed by atoms with Crippen LogP contribution in [0.1, 0.15) is 18.4 Å². The highest BCUT2D eigenvalue weighted by atomic mass is 79.9. The molecule has 1 aliphatic rings. The molecule has 4 heteroatoms. The molecule has 17 heavy (non-hydrogen) atoms. The van der Waals surface area contributed by atoms with Gasteiger partial charge in [0.15, 0.2) is 0 Å². The third-order valence-corrected chi connectivity index (χ3v) is 4.24. The van der Waals surface area contributed by atoms with Gasteiger partial charge in [-0.25, -0.2) is 0 Å². The summed E-state index contributed by atoms with van der Waals surface area (Å²) >= 11 is 4.88. The zero-order valence-corrected chi connectivity index (χ0v) is 12.3. The summed E-state index contributed by atoms with van der Waals surface area (Å²) < 4.78 is 11.4. The van der Waals surface area contributed by atoms with E-state index in [0.717, 1.165) is 23.1 Å². The predicted octanol–water partition coefficient (Wildman–Crippen LogP) is 3.96. The maximum atomic E-state index is 5.78. The van der Waals surface area contributed by atoms with E-state index in [1.165, 1.54) is 17.6 Å². The Bertz CT molecular complexity index is 342. The number of aryl methyl sites for hydroxylation is 1. The molecule has 0 aromatic heterocycles. The molecule has 1 aromatic rings. The number of hydrogen-bond donors (Lipinski definition) is 0. The summed E-state index contributed by atoms with van der Waals surface area (Å²) in [5, 5.41) is 0.925. The molecule has 1 heterocycles. The van der Waals surface area contributed by atoms with Crippen molar-refractivity contribution in [1.82, 2.24) is 0 Å². The predicted molar refractivity (Wildman–Crippen MR) is 74.7 cm³/mol. The van der Waals surface area contributed by atoms with Gasteiger partial charge < -0.3 is 8.92 Å². The molecule has 94 valence electrons. The van der Waals surface area contributed by atoms with Crippen LogP contribution in [0.25, 0.3) is 0 Å². The summed E-state index contributed by atoms with van der Waals surface area (Å²) in [6.45, 7) is 2.75. The first-order valence-electron chi connectivity index (χ1n) is 5.85. The monoisotopic (exact) mass is 316 g/mol. The van der Waals surface area contributed by atoms with Gasteiger partial charge in [0.1, 0.15) is 0 Å². The molecule has 0 N–H and O–H groups in total. The normalized spacial score (nSPS) is 24.1. The topological polar surface area (TPSA) is 18.5 Å². The SMILES string of the molecule is Cc1ccc(SOCC2CCC(CBr)O2)cc1. The summed E-state index contributed by atoms with van der Waals surface area (Å²) in [6, 6.07) is 8.35. The standard InChI is InChI=1S/C13H17BrO2S/c1-10-2-6-13(7-3-10)17-15-9-12-5-4-11(8-14)16-12/h2-3,6-7,11-12H,4-5,8-9H2,1H3. The molecule has 0 spiro atoms. The van der Waals surface area contributed by atoms with E-state index in [-0.39, 0.29) is 6.10 Å². The lowest BCUT2D eigenvalue weighted by molar-refractivity contribution is 0.0338. The molecule has 2 unspecified atom stereocenters. The first-order valence-corrected chi connectivity index (χ1v) is 7.72. The molecule has 1 aromatic carbocycles. The highest BCUT2D eigenvalue weighted by Gasteiger charge is 2.24. The zero-order chi connectivity index (χ0) is 12.1. The van der Waals surface area contributed by atoms with Crippen LogP contribution in [0.5, 0.6) is 0 Å². The Morgan fingerprint density at radius 2 is 2.00 bits per heavy atom. The van der Waals surface area contributed by atoms with Gasteiger partial charge in [0.2, 0.25) is 0 Å².